The summed E-state index contributed by atoms with van der Waals surface area (Å²) in [4.78, 5) is 35.7. The van der Waals surface area contributed by atoms with Gasteiger partial charge in [0.25, 0.3) is 0 Å². The number of hydrogen-bond donors (Lipinski definition) is 7. The van der Waals surface area contributed by atoms with E-state index in [1.54, 1.807) is 12.2 Å². The zero-order chi connectivity index (χ0) is 45.9. The van der Waals surface area contributed by atoms with Crippen molar-refractivity contribution in [2.24, 2.45) is 0 Å². The van der Waals surface area contributed by atoms with Gasteiger partial charge in [0.05, 0.1) is 12.7 Å². The number of esters is 2. The number of phosphoric acid groups is 1. The smallest absolute Gasteiger partial charge is 0.462 e. The van der Waals surface area contributed by atoms with Crippen molar-refractivity contribution in [3.05, 3.63) is 48.6 Å². The molecule has 1 rings (SSSR count). The number of hydrogen-bond acceptors (Lipinski definition) is 13. The van der Waals surface area contributed by atoms with Gasteiger partial charge in [-0.3, -0.25) is 18.6 Å². The van der Waals surface area contributed by atoms with Gasteiger partial charge in [0.15, 0.2) is 6.10 Å². The van der Waals surface area contributed by atoms with Gasteiger partial charge in [0.2, 0.25) is 0 Å². The standard InChI is InChI=1S/C47H83O14P/c1-3-5-7-9-11-13-15-17-18-20-22-24-26-28-30-34-41(50)60-39(37-59-62(56,57)61-47-45(54)43(52)42(51)44(53)46(47)55)36-58-40(49)35-31-33-38(48)32-29-27-25-23-21-19-16-14-12-10-8-6-4-2/h12,14,19,21,25,27,29,32,38-39,42-48,51-55H,3-11,13,15-18,20,22-24,26,28,30-31,33-37H2,1-2H3,(H,56,57)/b14-12-,21-19-,27-25-,32-29+/t38-,39-,42?,43-,44+,45-,46-,47?/m1/s1. The van der Waals surface area contributed by atoms with Gasteiger partial charge in [-0.15, -0.1) is 0 Å². The van der Waals surface area contributed by atoms with Crippen LogP contribution >= 0.6 is 7.82 Å². The number of carbonyl (C=O) groups excluding carboxylic acids is 2. The SMILES string of the molecule is CCCCC/C=C\C/C=C\C/C=C\C=C\[C@@H](O)CCCC(=O)OC[C@H](COP(=O)(O)OC1[C@H](O)[C@H](O)C(O)[C@H](O)[C@H]1O)OC(=O)CCCCCCCCCCCCCCCCC. The maximum Gasteiger partial charge on any atom is 0.472 e. The van der Waals surface area contributed by atoms with E-state index < -0.39 is 81.8 Å². The molecule has 62 heavy (non-hydrogen) atoms. The third-order valence-corrected chi connectivity index (χ3v) is 11.8. The number of carbonyl (C=O) groups is 2. The average molecular weight is 903 g/mol. The van der Waals surface area contributed by atoms with E-state index in [0.29, 0.717) is 12.8 Å². The Morgan fingerprint density at radius 3 is 1.65 bits per heavy atom. The van der Waals surface area contributed by atoms with Crippen LogP contribution in [-0.2, 0) is 32.7 Å². The number of rotatable bonds is 38. The van der Waals surface area contributed by atoms with Gasteiger partial charge in [-0.1, -0.05) is 165 Å². The van der Waals surface area contributed by atoms with Crippen LogP contribution in [0.25, 0.3) is 0 Å². The average Bonchev–Trinajstić information content (AvgIpc) is 3.25. The highest BCUT2D eigenvalue weighted by atomic mass is 31.2. The molecule has 0 bridgehead atoms. The predicted molar refractivity (Wildman–Crippen MR) is 241 cm³/mol. The van der Waals surface area contributed by atoms with Gasteiger partial charge in [-0.25, -0.2) is 4.57 Å². The summed E-state index contributed by atoms with van der Waals surface area (Å²) in [6.07, 6.45) is 26.1. The van der Waals surface area contributed by atoms with E-state index in [4.69, 9.17) is 18.5 Å². The van der Waals surface area contributed by atoms with Crippen LogP contribution in [0, 0.1) is 0 Å². The Kier molecular flexibility index (Phi) is 34.5. The lowest BCUT2D eigenvalue weighted by Gasteiger charge is -2.41. The third kappa shape index (κ3) is 29.3. The number of phosphoric ester groups is 1. The van der Waals surface area contributed by atoms with Crippen LogP contribution in [0.3, 0.4) is 0 Å². The van der Waals surface area contributed by atoms with Crippen molar-refractivity contribution < 1.29 is 68.2 Å². The molecule has 15 heteroatoms. The van der Waals surface area contributed by atoms with E-state index in [0.717, 1.165) is 44.9 Å². The second-order valence-corrected chi connectivity index (χ2v) is 17.9. The summed E-state index contributed by atoms with van der Waals surface area (Å²) in [6.45, 7) is 3.10. The zero-order valence-corrected chi connectivity index (χ0v) is 38.7. The Morgan fingerprint density at radius 2 is 1.06 bits per heavy atom. The van der Waals surface area contributed by atoms with E-state index in [2.05, 4.69) is 38.2 Å². The summed E-state index contributed by atoms with van der Waals surface area (Å²) in [5, 5.41) is 60.4. The van der Waals surface area contributed by atoms with Gasteiger partial charge < -0.3 is 45.0 Å². The molecular formula is C47H83O14P. The Morgan fingerprint density at radius 1 is 0.581 bits per heavy atom. The topological polar surface area (TPSA) is 230 Å². The minimum atomic E-state index is -5.16. The first-order chi connectivity index (χ1) is 29.8. The van der Waals surface area contributed by atoms with E-state index in [1.807, 2.05) is 12.2 Å². The number of allylic oxidation sites excluding steroid dienone is 7. The lowest BCUT2D eigenvalue weighted by Crippen LogP contribution is -2.64. The summed E-state index contributed by atoms with van der Waals surface area (Å²) in [7, 11) is -5.16. The van der Waals surface area contributed by atoms with Crippen molar-refractivity contribution in [2.45, 2.75) is 223 Å². The van der Waals surface area contributed by atoms with Crippen LogP contribution in [0.1, 0.15) is 174 Å². The lowest BCUT2D eigenvalue weighted by atomic mass is 9.85. The van der Waals surface area contributed by atoms with E-state index in [9.17, 15) is 49.7 Å². The van der Waals surface area contributed by atoms with Gasteiger partial charge in [-0.2, -0.15) is 0 Å². The molecule has 14 nitrogen and oxygen atoms in total. The summed E-state index contributed by atoms with van der Waals surface area (Å²) in [5.74, 6) is -1.30. The molecule has 9 atom stereocenters. The summed E-state index contributed by atoms with van der Waals surface area (Å²) in [5.41, 5.74) is 0. The van der Waals surface area contributed by atoms with Crippen LogP contribution in [0.4, 0.5) is 0 Å². The minimum absolute atomic E-state index is 0.0582. The highest BCUT2D eigenvalue weighted by Gasteiger charge is 2.51. The molecule has 0 amide bonds. The molecule has 0 aromatic rings. The highest BCUT2D eigenvalue weighted by Crippen LogP contribution is 2.47. The van der Waals surface area contributed by atoms with Crippen LogP contribution in [0.2, 0.25) is 0 Å². The van der Waals surface area contributed by atoms with Crippen LogP contribution in [0.15, 0.2) is 48.6 Å². The second kappa shape index (κ2) is 37.0. The zero-order valence-electron chi connectivity index (χ0n) is 37.8. The minimum Gasteiger partial charge on any atom is -0.462 e. The van der Waals surface area contributed by atoms with Gasteiger partial charge in [0, 0.05) is 12.8 Å². The highest BCUT2D eigenvalue weighted by molar-refractivity contribution is 7.47. The molecule has 0 saturated heterocycles. The van der Waals surface area contributed by atoms with Crippen LogP contribution in [-0.4, -0.2) is 110 Å². The fraction of sp³-hybridized carbons (Fsp3) is 0.787. The van der Waals surface area contributed by atoms with E-state index in [1.165, 1.54) is 83.5 Å². The van der Waals surface area contributed by atoms with Crippen molar-refractivity contribution in [3.63, 3.8) is 0 Å². The molecule has 0 aliphatic heterocycles. The van der Waals surface area contributed by atoms with Crippen LogP contribution in [0.5, 0.6) is 0 Å². The molecule has 360 valence electrons. The maximum absolute atomic E-state index is 12.8. The summed E-state index contributed by atoms with van der Waals surface area (Å²) in [6, 6.07) is 0. The van der Waals surface area contributed by atoms with Gasteiger partial charge in [-0.05, 0) is 44.9 Å². The second-order valence-electron chi connectivity index (χ2n) is 16.5. The molecular weight excluding hydrogens is 819 g/mol. The van der Waals surface area contributed by atoms with E-state index in [-0.39, 0.29) is 19.3 Å². The quantitative estimate of drug-likeness (QED) is 0.0102. The molecule has 1 saturated carbocycles. The van der Waals surface area contributed by atoms with Crippen molar-refractivity contribution in [2.75, 3.05) is 13.2 Å². The number of aliphatic hydroxyl groups is 6. The first-order valence-electron chi connectivity index (χ1n) is 23.5. The fourth-order valence-corrected chi connectivity index (χ4v) is 7.89. The molecule has 0 aromatic heterocycles. The normalized spacial score (nSPS) is 22.8. The molecule has 7 N–H and O–H groups in total. The number of ether oxygens (including phenoxy) is 2. The molecule has 0 aromatic carbocycles. The van der Waals surface area contributed by atoms with Crippen molar-refractivity contribution in [1.29, 1.82) is 0 Å². The number of aliphatic hydroxyl groups excluding tert-OH is 6. The van der Waals surface area contributed by atoms with E-state index >= 15 is 0 Å². The third-order valence-electron chi connectivity index (χ3n) is 10.8. The summed E-state index contributed by atoms with van der Waals surface area (Å²) < 4.78 is 33.4. The lowest BCUT2D eigenvalue weighted by molar-refractivity contribution is -0.220. The Bertz CT molecular complexity index is 1290. The molecule has 0 radical (unpaired) electrons. The first kappa shape index (κ1) is 57.8. The fourth-order valence-electron chi connectivity index (χ4n) is 6.92. The monoisotopic (exact) mass is 903 g/mol. The first-order valence-corrected chi connectivity index (χ1v) is 25.0. The largest absolute Gasteiger partial charge is 0.472 e. The molecule has 1 aliphatic rings. The van der Waals surface area contributed by atoms with Crippen molar-refractivity contribution in [1.82, 2.24) is 0 Å². The Hall–Kier alpha value is -2.23. The Labute approximate surface area is 372 Å². The Balaban J connectivity index is 2.54. The molecule has 0 spiro atoms. The molecule has 0 heterocycles. The van der Waals surface area contributed by atoms with Gasteiger partial charge in [0.1, 0.15) is 43.2 Å². The molecule has 3 unspecified atom stereocenters. The van der Waals surface area contributed by atoms with Gasteiger partial charge >= 0.3 is 19.8 Å². The van der Waals surface area contributed by atoms with Crippen molar-refractivity contribution >= 4 is 19.8 Å². The summed E-state index contributed by atoms with van der Waals surface area (Å²) >= 11 is 0. The van der Waals surface area contributed by atoms with Crippen molar-refractivity contribution in [3.8, 4) is 0 Å². The molecule has 1 aliphatic carbocycles. The number of unbranched alkanes of at least 4 members (excludes halogenated alkanes) is 17. The predicted octanol–water partition coefficient (Wildman–Crippen LogP) is 8.14. The van der Waals surface area contributed by atoms with Crippen LogP contribution < -0.4 is 0 Å². The maximum atomic E-state index is 12.8. The molecule has 1 fully saturated rings.